The van der Waals surface area contributed by atoms with Crippen molar-refractivity contribution in [1.29, 1.82) is 5.41 Å². The fourth-order valence-electron chi connectivity index (χ4n) is 1.32. The normalized spacial score (nSPS) is 10.4. The molecule has 0 bridgehead atoms. The average molecular weight is 252 g/mol. The maximum Gasteiger partial charge on any atom is 0.162 e. The maximum atomic E-state index is 8.78. The van der Waals surface area contributed by atoms with Crippen LogP contribution in [0.15, 0.2) is 18.2 Å². The summed E-state index contributed by atoms with van der Waals surface area (Å²) in [5.74, 6) is 1.47. The van der Waals surface area contributed by atoms with Crippen LogP contribution in [0.1, 0.15) is 19.4 Å². The second-order valence-electron chi connectivity index (χ2n) is 4.35. The van der Waals surface area contributed by atoms with Gasteiger partial charge in [0.15, 0.2) is 11.5 Å². The number of aliphatic hydroxyl groups excluding tert-OH is 1. The minimum atomic E-state index is -0.0755. The highest BCUT2D eigenvalue weighted by molar-refractivity contribution is 5.95. The van der Waals surface area contributed by atoms with Crippen molar-refractivity contribution in [1.82, 2.24) is 0 Å². The number of hydrogen-bond donors (Lipinski definition) is 3. The topological polar surface area (TPSA) is 88.6 Å². The first kappa shape index (κ1) is 14.3. The van der Waals surface area contributed by atoms with Gasteiger partial charge in [-0.1, -0.05) is 13.8 Å². The predicted octanol–water partition coefficient (Wildman–Crippen LogP) is 1.38. The van der Waals surface area contributed by atoms with Crippen molar-refractivity contribution in [2.45, 2.75) is 13.8 Å². The van der Waals surface area contributed by atoms with E-state index in [0.717, 1.165) is 0 Å². The van der Waals surface area contributed by atoms with Gasteiger partial charge in [0, 0.05) is 5.56 Å². The van der Waals surface area contributed by atoms with Gasteiger partial charge in [-0.05, 0) is 24.1 Å². The third-order valence-corrected chi connectivity index (χ3v) is 2.18. The molecular weight excluding hydrogens is 232 g/mol. The van der Waals surface area contributed by atoms with Crippen molar-refractivity contribution in [3.8, 4) is 11.5 Å². The highest BCUT2D eigenvalue weighted by Gasteiger charge is 2.09. The van der Waals surface area contributed by atoms with Crippen LogP contribution in [-0.2, 0) is 0 Å². The summed E-state index contributed by atoms with van der Waals surface area (Å²) < 4.78 is 11.0. The van der Waals surface area contributed by atoms with Crippen LogP contribution in [-0.4, -0.2) is 30.8 Å². The zero-order valence-electron chi connectivity index (χ0n) is 10.8. The van der Waals surface area contributed by atoms with Gasteiger partial charge in [-0.25, -0.2) is 0 Å². The SMILES string of the molecule is CC(C)COc1ccc(C(=N)N)cc1OCCO. The lowest BCUT2D eigenvalue weighted by atomic mass is 10.2. The summed E-state index contributed by atoms with van der Waals surface area (Å²) >= 11 is 0. The van der Waals surface area contributed by atoms with Crippen molar-refractivity contribution < 1.29 is 14.6 Å². The number of nitrogens with two attached hydrogens (primary N) is 1. The first-order chi connectivity index (χ1) is 8.54. The summed E-state index contributed by atoms with van der Waals surface area (Å²) in [4.78, 5) is 0. The first-order valence-electron chi connectivity index (χ1n) is 5.89. The Balaban J connectivity index is 2.89. The minimum absolute atomic E-state index is 0.0285. The van der Waals surface area contributed by atoms with E-state index in [1.54, 1.807) is 18.2 Å². The lowest BCUT2D eigenvalue weighted by Gasteiger charge is -2.14. The van der Waals surface area contributed by atoms with E-state index >= 15 is 0 Å². The number of nitrogen functional groups attached to an aromatic ring is 1. The number of rotatable bonds is 7. The zero-order chi connectivity index (χ0) is 13.5. The summed E-state index contributed by atoms with van der Waals surface area (Å²) in [7, 11) is 0. The van der Waals surface area contributed by atoms with Crippen LogP contribution < -0.4 is 15.2 Å². The van der Waals surface area contributed by atoms with E-state index in [1.165, 1.54) is 0 Å². The number of ether oxygens (including phenoxy) is 2. The largest absolute Gasteiger partial charge is 0.489 e. The molecule has 100 valence electrons. The van der Waals surface area contributed by atoms with Crippen LogP contribution in [0.4, 0.5) is 0 Å². The summed E-state index contributed by atoms with van der Waals surface area (Å²) in [5.41, 5.74) is 5.99. The van der Waals surface area contributed by atoms with Crippen LogP contribution in [0.3, 0.4) is 0 Å². The molecular formula is C13H20N2O3. The summed E-state index contributed by atoms with van der Waals surface area (Å²) in [6.45, 7) is 4.79. The molecule has 0 aromatic heterocycles. The van der Waals surface area contributed by atoms with Crippen molar-refractivity contribution in [2.75, 3.05) is 19.8 Å². The van der Waals surface area contributed by atoms with Gasteiger partial charge in [0.05, 0.1) is 13.2 Å². The Morgan fingerprint density at radius 3 is 2.61 bits per heavy atom. The maximum absolute atomic E-state index is 8.78. The van der Waals surface area contributed by atoms with E-state index in [1.807, 2.05) is 0 Å². The van der Waals surface area contributed by atoms with E-state index in [9.17, 15) is 0 Å². The lowest BCUT2D eigenvalue weighted by molar-refractivity contribution is 0.190. The highest BCUT2D eigenvalue weighted by Crippen LogP contribution is 2.28. The Hall–Kier alpha value is -1.75. The van der Waals surface area contributed by atoms with Gasteiger partial charge in [-0.15, -0.1) is 0 Å². The standard InChI is InChI=1S/C13H20N2O3/c1-9(2)8-18-11-4-3-10(13(14)15)7-12(11)17-6-5-16/h3-4,7,9,16H,5-6,8H2,1-2H3,(H3,14,15). The molecule has 0 unspecified atom stereocenters. The molecule has 5 heteroatoms. The fraction of sp³-hybridized carbons (Fsp3) is 0.462. The van der Waals surface area contributed by atoms with Gasteiger partial charge in [0.2, 0.25) is 0 Å². The number of aliphatic hydroxyl groups is 1. The van der Waals surface area contributed by atoms with Gasteiger partial charge in [0.25, 0.3) is 0 Å². The molecule has 4 N–H and O–H groups in total. The van der Waals surface area contributed by atoms with Gasteiger partial charge in [0.1, 0.15) is 12.4 Å². The van der Waals surface area contributed by atoms with Crippen molar-refractivity contribution in [3.63, 3.8) is 0 Å². The minimum Gasteiger partial charge on any atom is -0.489 e. The quantitative estimate of drug-likeness (QED) is 0.505. The summed E-state index contributed by atoms with van der Waals surface area (Å²) in [6, 6.07) is 5.09. The molecule has 0 saturated heterocycles. The Bertz CT molecular complexity index is 405. The molecule has 1 rings (SSSR count). The molecule has 0 heterocycles. The smallest absolute Gasteiger partial charge is 0.162 e. The first-order valence-corrected chi connectivity index (χ1v) is 5.89. The van der Waals surface area contributed by atoms with Gasteiger partial charge in [-0.3, -0.25) is 5.41 Å². The second-order valence-corrected chi connectivity index (χ2v) is 4.35. The molecule has 0 aliphatic carbocycles. The monoisotopic (exact) mass is 252 g/mol. The number of nitrogens with one attached hydrogen (secondary N) is 1. The van der Waals surface area contributed by atoms with Crippen LogP contribution in [0.25, 0.3) is 0 Å². The second kappa shape index (κ2) is 6.86. The third-order valence-electron chi connectivity index (χ3n) is 2.18. The Morgan fingerprint density at radius 2 is 2.06 bits per heavy atom. The highest BCUT2D eigenvalue weighted by atomic mass is 16.5. The Labute approximate surface area is 107 Å². The van der Waals surface area contributed by atoms with E-state index < -0.39 is 0 Å². The van der Waals surface area contributed by atoms with Crippen molar-refractivity contribution >= 4 is 5.84 Å². The van der Waals surface area contributed by atoms with Crippen LogP contribution in [0, 0.1) is 11.3 Å². The van der Waals surface area contributed by atoms with Gasteiger partial charge < -0.3 is 20.3 Å². The molecule has 1 aromatic carbocycles. The Kier molecular flexibility index (Phi) is 5.45. The molecule has 18 heavy (non-hydrogen) atoms. The molecule has 0 saturated carbocycles. The summed E-state index contributed by atoms with van der Waals surface area (Å²) in [5, 5.41) is 16.2. The predicted molar refractivity (Wildman–Crippen MR) is 70.4 cm³/mol. The summed E-state index contributed by atoms with van der Waals surface area (Å²) in [6.07, 6.45) is 0. The van der Waals surface area contributed by atoms with E-state index in [-0.39, 0.29) is 19.0 Å². The molecule has 0 fully saturated rings. The van der Waals surface area contributed by atoms with E-state index in [4.69, 9.17) is 25.7 Å². The van der Waals surface area contributed by atoms with E-state index in [0.29, 0.717) is 29.6 Å². The number of benzene rings is 1. The van der Waals surface area contributed by atoms with Crippen molar-refractivity contribution in [2.24, 2.45) is 11.7 Å². The lowest BCUT2D eigenvalue weighted by Crippen LogP contribution is -2.13. The zero-order valence-corrected chi connectivity index (χ0v) is 10.8. The number of amidine groups is 1. The van der Waals surface area contributed by atoms with Crippen LogP contribution in [0.2, 0.25) is 0 Å². The fourth-order valence-corrected chi connectivity index (χ4v) is 1.32. The molecule has 0 atom stereocenters. The molecule has 0 radical (unpaired) electrons. The third kappa shape index (κ3) is 4.25. The Morgan fingerprint density at radius 1 is 1.33 bits per heavy atom. The van der Waals surface area contributed by atoms with Gasteiger partial charge >= 0.3 is 0 Å². The molecule has 0 aliphatic rings. The molecule has 0 aliphatic heterocycles. The molecule has 0 spiro atoms. The van der Waals surface area contributed by atoms with Gasteiger partial charge in [-0.2, -0.15) is 0 Å². The average Bonchev–Trinajstić information content (AvgIpc) is 2.33. The van der Waals surface area contributed by atoms with Crippen LogP contribution >= 0.6 is 0 Å². The number of hydrogen-bond acceptors (Lipinski definition) is 4. The van der Waals surface area contributed by atoms with E-state index in [2.05, 4.69) is 13.8 Å². The molecule has 0 amide bonds. The van der Waals surface area contributed by atoms with Crippen molar-refractivity contribution in [3.05, 3.63) is 23.8 Å². The van der Waals surface area contributed by atoms with Crippen LogP contribution in [0.5, 0.6) is 11.5 Å². The molecule has 5 nitrogen and oxygen atoms in total. The molecule has 1 aromatic rings.